The molecule has 0 saturated heterocycles. The minimum atomic E-state index is 0.666. The topological polar surface area (TPSA) is 30.7 Å². The van der Waals surface area contributed by atoms with Crippen molar-refractivity contribution in [2.75, 3.05) is 0 Å². The van der Waals surface area contributed by atoms with E-state index in [9.17, 15) is 0 Å². The minimum absolute atomic E-state index is 0.666. The Hall–Kier alpha value is -2.07. The predicted octanol–water partition coefficient (Wildman–Crippen LogP) is 2.66. The van der Waals surface area contributed by atoms with Gasteiger partial charge in [-0.25, -0.2) is 4.68 Å². The van der Waals surface area contributed by atoms with Crippen LogP contribution in [0.2, 0.25) is 0 Å². The molecule has 0 fully saturated rings. The number of thiocarbonyl (C=S) groups is 1. The summed E-state index contributed by atoms with van der Waals surface area (Å²) in [6.45, 7) is 0. The van der Waals surface area contributed by atoms with Gasteiger partial charge in [-0.1, -0.05) is 59.9 Å². The second-order valence-electron chi connectivity index (χ2n) is 3.66. The summed E-state index contributed by atoms with van der Waals surface area (Å²) in [5.74, 6) is 0. The molecule has 1 heterocycles. The van der Waals surface area contributed by atoms with Gasteiger partial charge in [-0.05, 0) is 12.1 Å². The molecule has 0 spiro atoms. The van der Waals surface area contributed by atoms with E-state index in [-0.39, 0.29) is 0 Å². The maximum Gasteiger partial charge on any atom is 0.137 e. The van der Waals surface area contributed by atoms with Gasteiger partial charge in [-0.15, -0.1) is 5.10 Å². The molecule has 0 amide bonds. The maximum absolute atomic E-state index is 5.43. The quantitative estimate of drug-likeness (QED) is 0.612. The van der Waals surface area contributed by atoms with Crippen molar-refractivity contribution < 1.29 is 0 Å². The van der Waals surface area contributed by atoms with E-state index in [0.29, 0.717) is 4.99 Å². The van der Waals surface area contributed by atoms with Gasteiger partial charge in [-0.2, -0.15) is 0 Å². The molecule has 2 aromatic carbocycles. The lowest BCUT2D eigenvalue weighted by Gasteiger charge is -2.03. The van der Waals surface area contributed by atoms with Gasteiger partial charge in [0.2, 0.25) is 0 Å². The molecule has 3 nitrogen and oxygen atoms in total. The Morgan fingerprint density at radius 2 is 1.65 bits per heavy atom. The number of rotatable bonds is 1. The van der Waals surface area contributed by atoms with Crippen molar-refractivity contribution >= 4 is 28.2 Å². The molecule has 4 heteroatoms. The molecule has 17 heavy (non-hydrogen) atoms. The normalized spacial score (nSPS) is 10.6. The molecule has 0 aliphatic rings. The molecule has 3 aromatic rings. The Balaban J connectivity index is 2.14. The summed E-state index contributed by atoms with van der Waals surface area (Å²) in [4.78, 5) is 0.666. The van der Waals surface area contributed by atoms with Crippen LogP contribution in [0.3, 0.4) is 0 Å². The molecule has 0 aliphatic heterocycles. The zero-order valence-electron chi connectivity index (χ0n) is 8.95. The second-order valence-corrected chi connectivity index (χ2v) is 4.05. The fourth-order valence-corrected chi connectivity index (χ4v) is 1.99. The predicted molar refractivity (Wildman–Crippen MR) is 71.1 cm³/mol. The van der Waals surface area contributed by atoms with E-state index in [0.717, 1.165) is 16.6 Å². The summed E-state index contributed by atoms with van der Waals surface area (Å²) >= 11 is 5.43. The van der Waals surface area contributed by atoms with Gasteiger partial charge in [0.1, 0.15) is 10.5 Å². The molecule has 0 atom stereocenters. The van der Waals surface area contributed by atoms with E-state index in [1.807, 2.05) is 54.6 Å². The second kappa shape index (κ2) is 4.07. The fraction of sp³-hybridized carbons (Fsp3) is 0. The van der Waals surface area contributed by atoms with Crippen LogP contribution < -0.4 is 0 Å². The van der Waals surface area contributed by atoms with Crippen LogP contribution in [-0.4, -0.2) is 20.0 Å². The number of nitrogens with zero attached hydrogens (tertiary/aromatic N) is 3. The van der Waals surface area contributed by atoms with Gasteiger partial charge in [0.05, 0.1) is 5.52 Å². The lowest BCUT2D eigenvalue weighted by molar-refractivity contribution is 0.872. The third kappa shape index (κ3) is 1.72. The highest BCUT2D eigenvalue weighted by Crippen LogP contribution is 2.12. The van der Waals surface area contributed by atoms with Gasteiger partial charge in [0, 0.05) is 5.56 Å². The lowest BCUT2D eigenvalue weighted by atomic mass is 10.2. The van der Waals surface area contributed by atoms with E-state index < -0.39 is 0 Å². The number of para-hydroxylation sites is 1. The molecule has 3 rings (SSSR count). The highest BCUT2D eigenvalue weighted by atomic mass is 32.1. The molecule has 82 valence electrons. The first-order valence-corrected chi connectivity index (χ1v) is 5.67. The van der Waals surface area contributed by atoms with Crippen molar-refractivity contribution in [3.8, 4) is 0 Å². The minimum Gasteiger partial charge on any atom is -0.201 e. The SMILES string of the molecule is S=C(c1ccccc1)n1nnc2ccccc21. The third-order valence-corrected chi connectivity index (χ3v) is 2.97. The van der Waals surface area contributed by atoms with E-state index in [1.165, 1.54) is 0 Å². The van der Waals surface area contributed by atoms with Crippen LogP contribution in [0.4, 0.5) is 0 Å². The summed E-state index contributed by atoms with van der Waals surface area (Å²) in [6, 6.07) is 17.6. The van der Waals surface area contributed by atoms with E-state index >= 15 is 0 Å². The van der Waals surface area contributed by atoms with Crippen molar-refractivity contribution in [2.24, 2.45) is 0 Å². The Morgan fingerprint density at radius 1 is 0.941 bits per heavy atom. The van der Waals surface area contributed by atoms with Crippen LogP contribution in [0.5, 0.6) is 0 Å². The average Bonchev–Trinajstić information content (AvgIpc) is 2.83. The molecular formula is C13H9N3S. The zero-order valence-corrected chi connectivity index (χ0v) is 9.76. The molecule has 1 aromatic heterocycles. The summed E-state index contributed by atoms with van der Waals surface area (Å²) < 4.78 is 1.69. The number of hydrogen-bond acceptors (Lipinski definition) is 3. The van der Waals surface area contributed by atoms with Crippen molar-refractivity contribution in [3.05, 3.63) is 60.2 Å². The standard InChI is InChI=1S/C13H9N3S/c17-13(10-6-2-1-3-7-10)16-12-9-5-4-8-11(12)14-15-16/h1-9H. The molecule has 0 bridgehead atoms. The smallest absolute Gasteiger partial charge is 0.137 e. The largest absolute Gasteiger partial charge is 0.201 e. The van der Waals surface area contributed by atoms with E-state index in [1.54, 1.807) is 4.68 Å². The first-order chi connectivity index (χ1) is 8.36. The van der Waals surface area contributed by atoms with Crippen molar-refractivity contribution in [1.29, 1.82) is 0 Å². The van der Waals surface area contributed by atoms with Gasteiger partial charge in [0.15, 0.2) is 0 Å². The molecule has 0 aliphatic carbocycles. The van der Waals surface area contributed by atoms with Crippen LogP contribution in [-0.2, 0) is 0 Å². The number of fused-ring (bicyclic) bond motifs is 1. The molecule has 0 N–H and O–H groups in total. The van der Waals surface area contributed by atoms with Crippen molar-refractivity contribution in [1.82, 2.24) is 15.0 Å². The van der Waals surface area contributed by atoms with E-state index in [4.69, 9.17) is 12.2 Å². The van der Waals surface area contributed by atoms with Crippen molar-refractivity contribution in [3.63, 3.8) is 0 Å². The van der Waals surface area contributed by atoms with Crippen LogP contribution in [0.15, 0.2) is 54.6 Å². The van der Waals surface area contributed by atoms with Crippen LogP contribution >= 0.6 is 12.2 Å². The highest BCUT2D eigenvalue weighted by molar-refractivity contribution is 7.80. The van der Waals surface area contributed by atoms with Gasteiger partial charge >= 0.3 is 0 Å². The Bertz CT molecular complexity index is 673. The third-order valence-electron chi connectivity index (χ3n) is 2.56. The monoisotopic (exact) mass is 239 g/mol. The summed E-state index contributed by atoms with van der Waals surface area (Å²) in [6.07, 6.45) is 0. The fourth-order valence-electron chi connectivity index (χ4n) is 1.72. The Kier molecular flexibility index (Phi) is 2.42. The number of aromatic nitrogens is 3. The van der Waals surface area contributed by atoms with Crippen LogP contribution in [0, 0.1) is 0 Å². The first-order valence-electron chi connectivity index (χ1n) is 5.26. The maximum atomic E-state index is 5.43. The lowest BCUT2D eigenvalue weighted by Crippen LogP contribution is -2.12. The average molecular weight is 239 g/mol. The molecule has 0 unspecified atom stereocenters. The van der Waals surface area contributed by atoms with Gasteiger partial charge in [-0.3, -0.25) is 0 Å². The van der Waals surface area contributed by atoms with E-state index in [2.05, 4.69) is 10.3 Å². The van der Waals surface area contributed by atoms with Gasteiger partial charge in [0.25, 0.3) is 0 Å². The first kappa shape index (κ1) is 10.1. The number of hydrogen-bond donors (Lipinski definition) is 0. The van der Waals surface area contributed by atoms with Gasteiger partial charge < -0.3 is 0 Å². The summed E-state index contributed by atoms with van der Waals surface area (Å²) in [5.41, 5.74) is 2.75. The van der Waals surface area contributed by atoms with Crippen LogP contribution in [0.1, 0.15) is 5.56 Å². The highest BCUT2D eigenvalue weighted by Gasteiger charge is 2.09. The molecule has 0 radical (unpaired) electrons. The number of benzene rings is 2. The Morgan fingerprint density at radius 3 is 2.47 bits per heavy atom. The molecule has 0 saturated carbocycles. The molecular weight excluding hydrogens is 230 g/mol. The zero-order chi connectivity index (χ0) is 11.7. The van der Waals surface area contributed by atoms with Crippen molar-refractivity contribution in [2.45, 2.75) is 0 Å². The summed E-state index contributed by atoms with van der Waals surface area (Å²) in [7, 11) is 0. The van der Waals surface area contributed by atoms with Crippen LogP contribution in [0.25, 0.3) is 11.0 Å². The Labute approximate surface area is 104 Å². The summed E-state index contributed by atoms with van der Waals surface area (Å²) in [5, 5.41) is 8.19.